The van der Waals surface area contributed by atoms with Crippen LogP contribution in [0.2, 0.25) is 0 Å². The Hall–Kier alpha value is -1.06. The van der Waals surface area contributed by atoms with E-state index in [2.05, 4.69) is 60.6 Å². The second-order valence-electron chi connectivity index (χ2n) is 4.72. The molecule has 0 unspecified atom stereocenters. The Bertz CT molecular complexity index is 317. The average molecular weight is 263 g/mol. The fourth-order valence-corrected chi connectivity index (χ4v) is 2.16. The van der Waals surface area contributed by atoms with E-state index in [1.165, 1.54) is 17.7 Å². The molecule has 0 aliphatic rings. The van der Waals surface area contributed by atoms with Gasteiger partial charge in [0, 0.05) is 25.3 Å². The fourth-order valence-electron chi connectivity index (χ4n) is 2.16. The SMILES string of the molecule is CCNCCCNCc1ccc(N(CC)CC)cc1. The lowest BCUT2D eigenvalue weighted by atomic mass is 10.2. The van der Waals surface area contributed by atoms with Crippen LogP contribution in [0, 0.1) is 0 Å². The summed E-state index contributed by atoms with van der Waals surface area (Å²) in [5, 5.41) is 6.82. The molecule has 0 atom stereocenters. The highest BCUT2D eigenvalue weighted by atomic mass is 15.1. The molecule has 108 valence electrons. The molecule has 3 heteroatoms. The minimum absolute atomic E-state index is 0.963. The molecule has 1 aromatic carbocycles. The molecular formula is C16H29N3. The zero-order valence-electron chi connectivity index (χ0n) is 12.7. The number of hydrogen-bond acceptors (Lipinski definition) is 3. The highest BCUT2D eigenvalue weighted by molar-refractivity contribution is 5.47. The largest absolute Gasteiger partial charge is 0.372 e. The van der Waals surface area contributed by atoms with E-state index in [0.717, 1.165) is 39.3 Å². The van der Waals surface area contributed by atoms with Gasteiger partial charge in [0.25, 0.3) is 0 Å². The van der Waals surface area contributed by atoms with Crippen LogP contribution in [0.1, 0.15) is 32.8 Å². The van der Waals surface area contributed by atoms with Gasteiger partial charge in [-0.25, -0.2) is 0 Å². The Labute approximate surface area is 118 Å². The van der Waals surface area contributed by atoms with Crippen molar-refractivity contribution in [1.82, 2.24) is 10.6 Å². The van der Waals surface area contributed by atoms with Crippen molar-refractivity contribution in [3.63, 3.8) is 0 Å². The first-order valence-corrected chi connectivity index (χ1v) is 7.57. The monoisotopic (exact) mass is 263 g/mol. The normalized spacial score (nSPS) is 10.7. The maximum atomic E-state index is 3.48. The second-order valence-corrected chi connectivity index (χ2v) is 4.72. The summed E-state index contributed by atoms with van der Waals surface area (Å²) < 4.78 is 0. The molecule has 0 saturated heterocycles. The zero-order chi connectivity index (χ0) is 13.9. The van der Waals surface area contributed by atoms with E-state index in [1.807, 2.05) is 0 Å². The molecule has 0 aliphatic heterocycles. The first-order valence-electron chi connectivity index (χ1n) is 7.57. The van der Waals surface area contributed by atoms with E-state index in [9.17, 15) is 0 Å². The average Bonchev–Trinajstić information content (AvgIpc) is 2.45. The van der Waals surface area contributed by atoms with E-state index in [4.69, 9.17) is 0 Å². The molecule has 0 spiro atoms. The molecule has 3 nitrogen and oxygen atoms in total. The summed E-state index contributed by atoms with van der Waals surface area (Å²) in [5.41, 5.74) is 2.68. The van der Waals surface area contributed by atoms with Gasteiger partial charge in [-0.3, -0.25) is 0 Å². The quantitative estimate of drug-likeness (QED) is 0.635. The molecule has 1 rings (SSSR count). The lowest BCUT2D eigenvalue weighted by Gasteiger charge is -2.21. The van der Waals surface area contributed by atoms with Gasteiger partial charge in [0.15, 0.2) is 0 Å². The standard InChI is InChI=1S/C16H29N3/c1-4-17-12-7-13-18-14-15-8-10-16(11-9-15)19(5-2)6-3/h8-11,17-18H,4-7,12-14H2,1-3H3. The van der Waals surface area contributed by atoms with Crippen molar-refractivity contribution in [2.24, 2.45) is 0 Å². The first-order chi connectivity index (χ1) is 9.31. The molecule has 0 radical (unpaired) electrons. The summed E-state index contributed by atoms with van der Waals surface area (Å²) in [6, 6.07) is 8.90. The molecule has 2 N–H and O–H groups in total. The van der Waals surface area contributed by atoms with Crippen molar-refractivity contribution in [2.75, 3.05) is 37.6 Å². The van der Waals surface area contributed by atoms with Gasteiger partial charge in [0.05, 0.1) is 0 Å². The number of nitrogens with one attached hydrogen (secondary N) is 2. The van der Waals surface area contributed by atoms with E-state index in [1.54, 1.807) is 0 Å². The van der Waals surface area contributed by atoms with Crippen LogP contribution in [0.4, 0.5) is 5.69 Å². The van der Waals surface area contributed by atoms with E-state index in [-0.39, 0.29) is 0 Å². The van der Waals surface area contributed by atoms with Crippen molar-refractivity contribution in [1.29, 1.82) is 0 Å². The van der Waals surface area contributed by atoms with Crippen LogP contribution < -0.4 is 15.5 Å². The molecule has 0 aromatic heterocycles. The van der Waals surface area contributed by atoms with Crippen molar-refractivity contribution in [3.8, 4) is 0 Å². The third-order valence-electron chi connectivity index (χ3n) is 3.35. The van der Waals surface area contributed by atoms with Crippen LogP contribution in [0.3, 0.4) is 0 Å². The summed E-state index contributed by atoms with van der Waals surface area (Å²) in [4.78, 5) is 2.37. The molecule has 0 heterocycles. The van der Waals surface area contributed by atoms with Crippen molar-refractivity contribution < 1.29 is 0 Å². The van der Waals surface area contributed by atoms with Gasteiger partial charge in [-0.2, -0.15) is 0 Å². The van der Waals surface area contributed by atoms with E-state index >= 15 is 0 Å². The van der Waals surface area contributed by atoms with E-state index in [0.29, 0.717) is 0 Å². The molecular weight excluding hydrogens is 234 g/mol. The maximum Gasteiger partial charge on any atom is 0.0366 e. The maximum absolute atomic E-state index is 3.48. The topological polar surface area (TPSA) is 27.3 Å². The number of benzene rings is 1. The summed E-state index contributed by atoms with van der Waals surface area (Å²) in [6.07, 6.45) is 1.19. The van der Waals surface area contributed by atoms with Crippen LogP contribution in [-0.4, -0.2) is 32.7 Å². The van der Waals surface area contributed by atoms with E-state index < -0.39 is 0 Å². The molecule has 19 heavy (non-hydrogen) atoms. The van der Waals surface area contributed by atoms with Gasteiger partial charge >= 0.3 is 0 Å². The first kappa shape index (κ1) is 16.0. The number of hydrogen-bond donors (Lipinski definition) is 2. The highest BCUT2D eigenvalue weighted by Crippen LogP contribution is 2.14. The van der Waals surface area contributed by atoms with Crippen molar-refractivity contribution >= 4 is 5.69 Å². The van der Waals surface area contributed by atoms with Crippen LogP contribution in [-0.2, 0) is 6.54 Å². The van der Waals surface area contributed by atoms with Gasteiger partial charge in [-0.15, -0.1) is 0 Å². The van der Waals surface area contributed by atoms with Crippen LogP contribution in [0.15, 0.2) is 24.3 Å². The summed E-state index contributed by atoms with van der Waals surface area (Å²) in [6.45, 7) is 12.9. The third-order valence-corrected chi connectivity index (χ3v) is 3.35. The molecule has 1 aromatic rings. The minimum atomic E-state index is 0.963. The summed E-state index contributed by atoms with van der Waals surface area (Å²) in [5.74, 6) is 0. The predicted octanol–water partition coefficient (Wildman–Crippen LogP) is 2.62. The fraction of sp³-hybridized carbons (Fsp3) is 0.625. The number of rotatable bonds is 10. The minimum Gasteiger partial charge on any atom is -0.372 e. The van der Waals surface area contributed by atoms with Crippen molar-refractivity contribution in [2.45, 2.75) is 33.7 Å². The Morgan fingerprint density at radius 3 is 2.11 bits per heavy atom. The number of anilines is 1. The molecule has 0 fully saturated rings. The van der Waals surface area contributed by atoms with Gasteiger partial charge < -0.3 is 15.5 Å². The van der Waals surface area contributed by atoms with Crippen LogP contribution in [0.25, 0.3) is 0 Å². The van der Waals surface area contributed by atoms with Crippen molar-refractivity contribution in [3.05, 3.63) is 29.8 Å². The Balaban J connectivity index is 2.28. The highest BCUT2D eigenvalue weighted by Gasteiger charge is 2.00. The molecule has 0 amide bonds. The van der Waals surface area contributed by atoms with Crippen LogP contribution >= 0.6 is 0 Å². The van der Waals surface area contributed by atoms with Gasteiger partial charge in [0.1, 0.15) is 0 Å². The Morgan fingerprint density at radius 1 is 0.895 bits per heavy atom. The smallest absolute Gasteiger partial charge is 0.0366 e. The predicted molar refractivity (Wildman–Crippen MR) is 84.9 cm³/mol. The lowest BCUT2D eigenvalue weighted by Crippen LogP contribution is -2.22. The Morgan fingerprint density at radius 2 is 1.53 bits per heavy atom. The second kappa shape index (κ2) is 9.82. The Kier molecular flexibility index (Phi) is 8.26. The lowest BCUT2D eigenvalue weighted by molar-refractivity contribution is 0.606. The number of nitrogens with zero attached hydrogens (tertiary/aromatic N) is 1. The van der Waals surface area contributed by atoms with Crippen LogP contribution in [0.5, 0.6) is 0 Å². The summed E-state index contributed by atoms with van der Waals surface area (Å²) >= 11 is 0. The summed E-state index contributed by atoms with van der Waals surface area (Å²) in [7, 11) is 0. The molecule has 0 saturated carbocycles. The van der Waals surface area contributed by atoms with Gasteiger partial charge in [-0.05, 0) is 57.6 Å². The van der Waals surface area contributed by atoms with Gasteiger partial charge in [-0.1, -0.05) is 19.1 Å². The van der Waals surface area contributed by atoms with Gasteiger partial charge in [0.2, 0.25) is 0 Å². The third kappa shape index (κ3) is 6.08. The molecule has 0 bridgehead atoms. The molecule has 0 aliphatic carbocycles. The zero-order valence-corrected chi connectivity index (χ0v) is 12.7.